The normalized spacial score (nSPS) is 19.1. The SMILES string of the molecule is CCS(=O)(=O)N(C)C1CC(C)(C)Oc2ccc(-c3ccc(Br)cc3)cc21. The first-order chi connectivity index (χ1) is 12.1. The molecular weight excluding hydrogens is 414 g/mol. The first-order valence-electron chi connectivity index (χ1n) is 8.67. The minimum Gasteiger partial charge on any atom is -0.487 e. The molecule has 1 aliphatic heterocycles. The quantitative estimate of drug-likeness (QED) is 0.675. The van der Waals surface area contributed by atoms with Crippen LogP contribution in [0.15, 0.2) is 46.9 Å². The van der Waals surface area contributed by atoms with E-state index in [1.807, 2.05) is 50.2 Å². The molecule has 1 aliphatic rings. The highest BCUT2D eigenvalue weighted by Gasteiger charge is 2.39. The van der Waals surface area contributed by atoms with E-state index in [0.717, 1.165) is 26.9 Å². The first-order valence-corrected chi connectivity index (χ1v) is 11.1. The Balaban J connectivity index is 2.09. The molecule has 0 saturated heterocycles. The van der Waals surface area contributed by atoms with Gasteiger partial charge >= 0.3 is 0 Å². The molecule has 140 valence electrons. The van der Waals surface area contributed by atoms with Crippen LogP contribution in [0.5, 0.6) is 5.75 Å². The van der Waals surface area contributed by atoms with Gasteiger partial charge in [0.2, 0.25) is 10.0 Å². The summed E-state index contributed by atoms with van der Waals surface area (Å²) in [6.07, 6.45) is 0.611. The van der Waals surface area contributed by atoms with Crippen LogP contribution < -0.4 is 4.74 Å². The zero-order valence-corrected chi connectivity index (χ0v) is 17.9. The van der Waals surface area contributed by atoms with E-state index in [4.69, 9.17) is 4.74 Å². The highest BCUT2D eigenvalue weighted by Crippen LogP contribution is 2.44. The Kier molecular flexibility index (Phi) is 5.21. The lowest BCUT2D eigenvalue weighted by Gasteiger charge is -2.41. The lowest BCUT2D eigenvalue weighted by Crippen LogP contribution is -2.42. The highest BCUT2D eigenvalue weighted by atomic mass is 79.9. The summed E-state index contributed by atoms with van der Waals surface area (Å²) < 4.78 is 33.6. The number of hydrogen-bond donors (Lipinski definition) is 0. The maximum atomic E-state index is 12.5. The maximum absolute atomic E-state index is 12.5. The van der Waals surface area contributed by atoms with E-state index in [1.165, 1.54) is 4.31 Å². The number of sulfonamides is 1. The maximum Gasteiger partial charge on any atom is 0.214 e. The van der Waals surface area contributed by atoms with Crippen molar-refractivity contribution in [3.8, 4) is 16.9 Å². The predicted octanol–water partition coefficient (Wildman–Crippen LogP) is 5.00. The number of halogens is 1. The third kappa shape index (κ3) is 3.82. The van der Waals surface area contributed by atoms with Gasteiger partial charge in [0.05, 0.1) is 11.8 Å². The van der Waals surface area contributed by atoms with Gasteiger partial charge in [-0.25, -0.2) is 8.42 Å². The molecule has 0 fully saturated rings. The van der Waals surface area contributed by atoms with Crippen LogP contribution in [0.2, 0.25) is 0 Å². The zero-order chi connectivity index (χ0) is 19.1. The topological polar surface area (TPSA) is 46.6 Å². The molecule has 1 unspecified atom stereocenters. The molecule has 0 aromatic heterocycles. The van der Waals surface area contributed by atoms with Gasteiger partial charge in [-0.05, 0) is 56.2 Å². The smallest absolute Gasteiger partial charge is 0.214 e. The third-order valence-corrected chi connectivity index (χ3v) is 7.25. The Morgan fingerprint density at radius 2 is 1.77 bits per heavy atom. The minimum absolute atomic E-state index is 0.0863. The van der Waals surface area contributed by atoms with Gasteiger partial charge in [-0.3, -0.25) is 0 Å². The van der Waals surface area contributed by atoms with Crippen molar-refractivity contribution in [2.45, 2.75) is 38.8 Å². The molecule has 0 amide bonds. The van der Waals surface area contributed by atoms with Crippen LogP contribution in [0.4, 0.5) is 0 Å². The first kappa shape index (κ1) is 19.4. The number of hydrogen-bond acceptors (Lipinski definition) is 3. The van der Waals surface area contributed by atoms with Gasteiger partial charge in [0.15, 0.2) is 0 Å². The van der Waals surface area contributed by atoms with Crippen molar-refractivity contribution in [3.63, 3.8) is 0 Å². The Morgan fingerprint density at radius 3 is 2.38 bits per heavy atom. The monoisotopic (exact) mass is 437 g/mol. The summed E-state index contributed by atoms with van der Waals surface area (Å²) >= 11 is 3.46. The van der Waals surface area contributed by atoms with E-state index in [0.29, 0.717) is 6.42 Å². The van der Waals surface area contributed by atoms with E-state index in [2.05, 4.69) is 22.0 Å². The fourth-order valence-electron chi connectivity index (χ4n) is 3.36. The van der Waals surface area contributed by atoms with Crippen molar-refractivity contribution in [2.75, 3.05) is 12.8 Å². The lowest BCUT2D eigenvalue weighted by atomic mass is 9.88. The molecule has 3 rings (SSSR count). The summed E-state index contributed by atoms with van der Waals surface area (Å²) in [5, 5.41) is 0. The zero-order valence-electron chi connectivity index (χ0n) is 15.5. The van der Waals surface area contributed by atoms with Crippen LogP contribution in [0.1, 0.15) is 38.8 Å². The average Bonchev–Trinajstić information content (AvgIpc) is 2.60. The third-order valence-electron chi connectivity index (χ3n) is 4.86. The van der Waals surface area contributed by atoms with Gasteiger partial charge in [-0.2, -0.15) is 4.31 Å². The van der Waals surface area contributed by atoms with Crippen molar-refractivity contribution in [1.82, 2.24) is 4.31 Å². The van der Waals surface area contributed by atoms with Gasteiger partial charge < -0.3 is 4.74 Å². The van der Waals surface area contributed by atoms with E-state index in [-0.39, 0.29) is 11.8 Å². The molecule has 0 radical (unpaired) electrons. The summed E-state index contributed by atoms with van der Waals surface area (Å²) in [7, 11) is -1.63. The summed E-state index contributed by atoms with van der Waals surface area (Å²) in [5.74, 6) is 0.841. The second-order valence-electron chi connectivity index (χ2n) is 7.26. The summed E-state index contributed by atoms with van der Waals surface area (Å²) in [5.41, 5.74) is 2.63. The van der Waals surface area contributed by atoms with E-state index < -0.39 is 15.6 Å². The second kappa shape index (κ2) is 6.98. The van der Waals surface area contributed by atoms with Gasteiger partial charge in [0.25, 0.3) is 0 Å². The Labute approximate surface area is 164 Å². The van der Waals surface area contributed by atoms with Crippen LogP contribution in [-0.2, 0) is 10.0 Å². The average molecular weight is 438 g/mol. The van der Waals surface area contributed by atoms with Crippen molar-refractivity contribution in [1.29, 1.82) is 0 Å². The molecule has 0 N–H and O–H groups in total. The molecule has 4 nitrogen and oxygen atoms in total. The number of nitrogens with zero attached hydrogens (tertiary/aromatic N) is 1. The molecule has 1 atom stereocenters. The van der Waals surface area contributed by atoms with Crippen LogP contribution in [0, 0.1) is 0 Å². The van der Waals surface area contributed by atoms with Crippen molar-refractivity contribution >= 4 is 26.0 Å². The Morgan fingerprint density at radius 1 is 1.15 bits per heavy atom. The van der Waals surface area contributed by atoms with Crippen LogP contribution in [0.25, 0.3) is 11.1 Å². The Hall–Kier alpha value is -1.37. The van der Waals surface area contributed by atoms with Crippen LogP contribution in [-0.4, -0.2) is 31.1 Å². The molecule has 0 saturated carbocycles. The van der Waals surface area contributed by atoms with E-state index >= 15 is 0 Å². The van der Waals surface area contributed by atoms with Crippen LogP contribution in [0.3, 0.4) is 0 Å². The van der Waals surface area contributed by atoms with Crippen molar-refractivity contribution < 1.29 is 13.2 Å². The lowest BCUT2D eigenvalue weighted by molar-refractivity contribution is 0.0542. The molecule has 2 aromatic carbocycles. The number of fused-ring (bicyclic) bond motifs is 1. The number of ether oxygens (including phenoxy) is 1. The molecule has 0 aliphatic carbocycles. The minimum atomic E-state index is -3.30. The van der Waals surface area contributed by atoms with Crippen molar-refractivity contribution in [2.24, 2.45) is 0 Å². The standard InChI is InChI=1S/C20H24BrNO3S/c1-5-26(23,24)22(4)18-13-20(2,3)25-19-11-8-15(12-17(18)19)14-6-9-16(21)10-7-14/h6-12,18H,5,13H2,1-4H3. The molecular formula is C20H24BrNO3S. The number of rotatable bonds is 4. The van der Waals surface area contributed by atoms with Gasteiger partial charge in [-0.15, -0.1) is 0 Å². The second-order valence-corrected chi connectivity index (χ2v) is 10.5. The summed E-state index contributed by atoms with van der Waals surface area (Å²) in [6.45, 7) is 5.67. The number of benzene rings is 2. The fourth-order valence-corrected chi connectivity index (χ4v) is 4.61. The van der Waals surface area contributed by atoms with Crippen molar-refractivity contribution in [3.05, 3.63) is 52.5 Å². The largest absolute Gasteiger partial charge is 0.487 e. The highest BCUT2D eigenvalue weighted by molar-refractivity contribution is 9.10. The molecule has 0 spiro atoms. The fraction of sp³-hybridized carbons (Fsp3) is 0.400. The summed E-state index contributed by atoms with van der Waals surface area (Å²) in [6, 6.07) is 13.9. The van der Waals surface area contributed by atoms with E-state index in [1.54, 1.807) is 14.0 Å². The Bertz CT molecular complexity index is 907. The molecule has 2 aromatic rings. The molecule has 26 heavy (non-hydrogen) atoms. The predicted molar refractivity (Wildman–Crippen MR) is 109 cm³/mol. The molecule has 6 heteroatoms. The molecule has 1 heterocycles. The van der Waals surface area contributed by atoms with E-state index in [9.17, 15) is 8.42 Å². The van der Waals surface area contributed by atoms with Gasteiger partial charge in [-0.1, -0.05) is 34.1 Å². The van der Waals surface area contributed by atoms with Gasteiger partial charge in [0, 0.05) is 23.5 Å². The van der Waals surface area contributed by atoms with Crippen LogP contribution >= 0.6 is 15.9 Å². The molecule has 0 bridgehead atoms. The summed E-state index contributed by atoms with van der Waals surface area (Å²) in [4.78, 5) is 0. The van der Waals surface area contributed by atoms with Gasteiger partial charge in [0.1, 0.15) is 11.4 Å².